The number of aryl methyl sites for hydroxylation is 1. The van der Waals surface area contributed by atoms with Crippen LogP contribution in [0, 0.1) is 12.7 Å². The second-order valence-corrected chi connectivity index (χ2v) is 6.31. The van der Waals surface area contributed by atoms with Gasteiger partial charge in [0, 0.05) is 22.6 Å². The highest BCUT2D eigenvalue weighted by atomic mass is 35.5. The van der Waals surface area contributed by atoms with Gasteiger partial charge in [0.05, 0.1) is 15.6 Å². The van der Waals surface area contributed by atoms with Gasteiger partial charge in [0.25, 0.3) is 0 Å². The van der Waals surface area contributed by atoms with Crippen LogP contribution in [-0.2, 0) is 11.3 Å². The zero-order valence-electron chi connectivity index (χ0n) is 13.3. The number of phenols is 1. The van der Waals surface area contributed by atoms with Crippen molar-refractivity contribution in [1.82, 2.24) is 0 Å². The fraction of sp³-hybridized carbons (Fsp3) is 0.111. The van der Waals surface area contributed by atoms with E-state index in [0.29, 0.717) is 16.5 Å². The minimum atomic E-state index is -0.873. The third kappa shape index (κ3) is 3.38. The number of esters is 1. The second kappa shape index (κ2) is 6.97. The van der Waals surface area contributed by atoms with Crippen molar-refractivity contribution < 1.29 is 23.4 Å². The molecule has 1 heterocycles. The van der Waals surface area contributed by atoms with Crippen LogP contribution in [0.1, 0.15) is 21.5 Å². The molecular formula is C18H11Cl2FO5. The number of benzene rings is 2. The smallest absolute Gasteiger partial charge is 0.340 e. The van der Waals surface area contributed by atoms with Crippen molar-refractivity contribution in [2.45, 2.75) is 13.5 Å². The van der Waals surface area contributed by atoms with Gasteiger partial charge in [-0.15, -0.1) is 0 Å². The molecule has 0 saturated carbocycles. The Morgan fingerprint density at radius 3 is 2.69 bits per heavy atom. The maximum Gasteiger partial charge on any atom is 0.340 e. The molecule has 0 radical (unpaired) electrons. The molecule has 3 rings (SSSR count). The van der Waals surface area contributed by atoms with Crippen LogP contribution in [0.3, 0.4) is 0 Å². The minimum Gasteiger partial charge on any atom is -0.508 e. The number of hydrogen-bond acceptors (Lipinski definition) is 5. The summed E-state index contributed by atoms with van der Waals surface area (Å²) in [5.74, 6) is -1.71. The van der Waals surface area contributed by atoms with E-state index in [1.54, 1.807) is 13.0 Å². The lowest BCUT2D eigenvalue weighted by Gasteiger charge is -2.10. The first-order valence-electron chi connectivity index (χ1n) is 7.35. The molecule has 2 aromatic carbocycles. The summed E-state index contributed by atoms with van der Waals surface area (Å²) in [7, 11) is 0. The summed E-state index contributed by atoms with van der Waals surface area (Å²) in [5.41, 5.74) is 0.107. The van der Waals surface area contributed by atoms with Crippen LogP contribution in [0.15, 0.2) is 39.5 Å². The number of phenolic OH excluding ortho intramolecular Hbond substituents is 1. The van der Waals surface area contributed by atoms with E-state index in [1.165, 1.54) is 12.1 Å². The SMILES string of the molecule is Cc1c(O)ccc2c(COC(=O)c3cc(F)c(Cl)cc3Cl)cc(=O)oc12. The van der Waals surface area contributed by atoms with E-state index in [-0.39, 0.29) is 33.5 Å². The quantitative estimate of drug-likeness (QED) is 0.397. The second-order valence-electron chi connectivity index (χ2n) is 5.50. The molecule has 0 spiro atoms. The van der Waals surface area contributed by atoms with E-state index in [1.807, 2.05) is 0 Å². The van der Waals surface area contributed by atoms with Crippen molar-refractivity contribution in [2.24, 2.45) is 0 Å². The van der Waals surface area contributed by atoms with Crippen LogP contribution < -0.4 is 5.63 Å². The molecule has 0 aliphatic carbocycles. The molecule has 0 fully saturated rings. The van der Waals surface area contributed by atoms with Crippen molar-refractivity contribution >= 4 is 40.1 Å². The molecule has 0 bridgehead atoms. The summed E-state index contributed by atoms with van der Waals surface area (Å²) in [6.07, 6.45) is 0. The highest BCUT2D eigenvalue weighted by Crippen LogP contribution is 2.28. The summed E-state index contributed by atoms with van der Waals surface area (Å²) < 4.78 is 23.8. The summed E-state index contributed by atoms with van der Waals surface area (Å²) >= 11 is 11.5. The van der Waals surface area contributed by atoms with Crippen LogP contribution in [0.5, 0.6) is 5.75 Å². The fourth-order valence-electron chi connectivity index (χ4n) is 2.44. The van der Waals surface area contributed by atoms with Crippen molar-refractivity contribution in [3.8, 4) is 5.75 Å². The van der Waals surface area contributed by atoms with Crippen LogP contribution >= 0.6 is 23.2 Å². The molecule has 26 heavy (non-hydrogen) atoms. The van der Waals surface area contributed by atoms with Gasteiger partial charge in [-0.25, -0.2) is 14.0 Å². The largest absolute Gasteiger partial charge is 0.508 e. The average molecular weight is 397 g/mol. The van der Waals surface area contributed by atoms with Crippen molar-refractivity contribution in [3.05, 3.63) is 73.3 Å². The molecule has 0 unspecified atom stereocenters. The summed E-state index contributed by atoms with van der Waals surface area (Å²) in [5, 5.41) is 9.97. The zero-order valence-corrected chi connectivity index (χ0v) is 14.8. The van der Waals surface area contributed by atoms with Crippen LogP contribution in [-0.4, -0.2) is 11.1 Å². The van der Waals surface area contributed by atoms with E-state index in [4.69, 9.17) is 32.4 Å². The molecule has 1 aromatic heterocycles. The first-order chi connectivity index (χ1) is 12.3. The molecule has 8 heteroatoms. The Kier molecular flexibility index (Phi) is 4.89. The van der Waals surface area contributed by atoms with Gasteiger partial charge in [-0.1, -0.05) is 23.2 Å². The van der Waals surface area contributed by atoms with Gasteiger partial charge in [-0.2, -0.15) is 0 Å². The standard InChI is InChI=1S/C18H11Cl2FO5/c1-8-15(22)3-2-10-9(4-16(23)26-17(8)10)7-25-18(24)11-5-14(21)13(20)6-12(11)19/h2-6,22H,7H2,1H3. The zero-order chi connectivity index (χ0) is 19.0. The van der Waals surface area contributed by atoms with E-state index in [0.717, 1.165) is 12.1 Å². The summed E-state index contributed by atoms with van der Waals surface area (Å²) in [6, 6.07) is 6.14. The molecule has 0 aliphatic heterocycles. The lowest BCUT2D eigenvalue weighted by Crippen LogP contribution is -2.09. The van der Waals surface area contributed by atoms with Crippen LogP contribution in [0.25, 0.3) is 11.0 Å². The lowest BCUT2D eigenvalue weighted by atomic mass is 10.1. The monoisotopic (exact) mass is 396 g/mol. The number of hydrogen-bond donors (Lipinski definition) is 1. The van der Waals surface area contributed by atoms with Gasteiger partial charge in [-0.3, -0.25) is 0 Å². The number of fused-ring (bicyclic) bond motifs is 1. The highest BCUT2D eigenvalue weighted by Gasteiger charge is 2.17. The van der Waals surface area contributed by atoms with E-state index in [2.05, 4.69) is 0 Å². The molecule has 0 amide bonds. The van der Waals surface area contributed by atoms with Crippen molar-refractivity contribution in [2.75, 3.05) is 0 Å². The Bertz CT molecular complexity index is 1090. The minimum absolute atomic E-state index is 0.0294. The predicted octanol–water partition coefficient (Wildman–Crippen LogP) is 4.61. The fourth-order valence-corrected chi connectivity index (χ4v) is 2.90. The average Bonchev–Trinajstić information content (AvgIpc) is 2.59. The molecule has 3 aromatic rings. The van der Waals surface area contributed by atoms with Crippen LogP contribution in [0.4, 0.5) is 4.39 Å². The topological polar surface area (TPSA) is 76.7 Å². The Labute approximate surface area is 156 Å². The predicted molar refractivity (Wildman–Crippen MR) is 94.4 cm³/mol. The normalized spacial score (nSPS) is 10.9. The third-order valence-electron chi connectivity index (χ3n) is 3.81. The van der Waals surface area contributed by atoms with Gasteiger partial charge in [0.2, 0.25) is 0 Å². The Morgan fingerprint density at radius 1 is 1.23 bits per heavy atom. The maximum absolute atomic E-state index is 13.6. The number of halogens is 3. The number of aromatic hydroxyl groups is 1. The number of carbonyl (C=O) groups is 1. The molecular weight excluding hydrogens is 386 g/mol. The number of carbonyl (C=O) groups excluding carboxylic acids is 1. The lowest BCUT2D eigenvalue weighted by molar-refractivity contribution is 0.0473. The van der Waals surface area contributed by atoms with Gasteiger partial charge >= 0.3 is 11.6 Å². The van der Waals surface area contributed by atoms with E-state index in [9.17, 15) is 19.1 Å². The molecule has 0 saturated heterocycles. The van der Waals surface area contributed by atoms with Gasteiger partial charge < -0.3 is 14.3 Å². The third-order valence-corrected chi connectivity index (χ3v) is 4.41. The number of ether oxygens (including phenoxy) is 1. The van der Waals surface area contributed by atoms with Gasteiger partial charge in [0.1, 0.15) is 23.8 Å². The van der Waals surface area contributed by atoms with Gasteiger partial charge in [0.15, 0.2) is 0 Å². The molecule has 0 atom stereocenters. The Balaban J connectivity index is 1.93. The highest BCUT2D eigenvalue weighted by molar-refractivity contribution is 6.36. The van der Waals surface area contributed by atoms with Gasteiger partial charge in [-0.05, 0) is 31.2 Å². The molecule has 1 N–H and O–H groups in total. The Hall–Kier alpha value is -2.57. The summed E-state index contributed by atoms with van der Waals surface area (Å²) in [4.78, 5) is 23.9. The van der Waals surface area contributed by atoms with Crippen molar-refractivity contribution in [1.29, 1.82) is 0 Å². The van der Waals surface area contributed by atoms with Crippen molar-refractivity contribution in [3.63, 3.8) is 0 Å². The first kappa shape index (κ1) is 18.2. The maximum atomic E-state index is 13.6. The van der Waals surface area contributed by atoms with E-state index >= 15 is 0 Å². The van der Waals surface area contributed by atoms with Crippen LogP contribution in [0.2, 0.25) is 10.0 Å². The molecule has 0 aliphatic rings. The summed E-state index contributed by atoms with van der Waals surface area (Å²) in [6.45, 7) is 1.32. The molecule has 134 valence electrons. The molecule has 5 nitrogen and oxygen atoms in total. The number of rotatable bonds is 3. The Morgan fingerprint density at radius 2 is 1.96 bits per heavy atom. The van der Waals surface area contributed by atoms with E-state index < -0.39 is 17.4 Å². The first-order valence-corrected chi connectivity index (χ1v) is 8.10.